The smallest absolute Gasteiger partial charge is 0.136 e. The van der Waals surface area contributed by atoms with Crippen LogP contribution < -0.4 is 9.80 Å². The van der Waals surface area contributed by atoms with Crippen LogP contribution in [0.4, 0.5) is 34.1 Å². The molecule has 0 spiro atoms. The molecule has 2 aromatic heterocycles. The molecule has 0 amide bonds. The van der Waals surface area contributed by atoms with Crippen molar-refractivity contribution in [2.75, 3.05) is 9.80 Å². The lowest BCUT2D eigenvalue weighted by molar-refractivity contribution is 0.669. The van der Waals surface area contributed by atoms with Gasteiger partial charge in [0.05, 0.1) is 11.0 Å². The zero-order chi connectivity index (χ0) is 86.2. The molecule has 22 aromatic carbocycles. The van der Waals surface area contributed by atoms with Crippen molar-refractivity contribution in [3.05, 3.63) is 516 Å². The lowest BCUT2D eigenvalue weighted by atomic mass is 9.77. The number of furan rings is 1. The van der Waals surface area contributed by atoms with Gasteiger partial charge in [-0.2, -0.15) is 0 Å². The first-order valence-corrected chi connectivity index (χ1v) is 44.6. The number of rotatable bonds is 17. The molecule has 4 nitrogen and oxygen atoms in total. The van der Waals surface area contributed by atoms with Crippen LogP contribution in [-0.2, 0) is 0 Å². The molecule has 2 heterocycles. The van der Waals surface area contributed by atoms with Gasteiger partial charge in [0.15, 0.2) is 0 Å². The van der Waals surface area contributed by atoms with Gasteiger partial charge in [-0.15, -0.1) is 0 Å². The minimum Gasteiger partial charge on any atom is -0.456 e. The predicted molar refractivity (Wildman–Crippen MR) is 551 cm³/mol. The van der Waals surface area contributed by atoms with Crippen LogP contribution in [0.5, 0.6) is 0 Å². The highest BCUT2D eigenvalue weighted by atomic mass is 16.3. The number of benzene rings is 22. The third-order valence-electron chi connectivity index (χ3n) is 25.6. The Morgan fingerprint density at radius 2 is 0.454 bits per heavy atom. The van der Waals surface area contributed by atoms with Gasteiger partial charge in [-0.05, 0) is 247 Å². The third-order valence-corrected chi connectivity index (χ3v) is 25.6. The summed E-state index contributed by atoms with van der Waals surface area (Å²) >= 11 is 0. The van der Waals surface area contributed by atoms with Gasteiger partial charge >= 0.3 is 0 Å². The molecule has 610 valence electrons. The Morgan fingerprint density at radius 3 is 0.862 bits per heavy atom. The molecule has 24 rings (SSSR count). The largest absolute Gasteiger partial charge is 0.456 e. The summed E-state index contributed by atoms with van der Waals surface area (Å²) in [4.78, 5) is 4.71. The van der Waals surface area contributed by atoms with E-state index in [1.807, 2.05) is 0 Å². The molecule has 0 saturated carbocycles. The average Bonchev–Trinajstić information content (AvgIpc) is 1.03. The number of para-hydroxylation sites is 4. The molecule has 0 atom stereocenters. The third kappa shape index (κ3) is 14.1. The van der Waals surface area contributed by atoms with E-state index < -0.39 is 0 Å². The van der Waals surface area contributed by atoms with Crippen molar-refractivity contribution in [2.24, 2.45) is 0 Å². The van der Waals surface area contributed by atoms with Gasteiger partial charge in [-0.1, -0.05) is 413 Å². The van der Waals surface area contributed by atoms with Crippen molar-refractivity contribution in [3.63, 3.8) is 0 Å². The topological polar surface area (TPSA) is 24.6 Å². The van der Waals surface area contributed by atoms with Crippen molar-refractivity contribution in [2.45, 2.75) is 0 Å². The van der Waals surface area contributed by atoms with Crippen molar-refractivity contribution < 1.29 is 4.42 Å². The predicted octanol–water partition coefficient (Wildman–Crippen LogP) is 35.4. The second kappa shape index (κ2) is 34.1. The summed E-state index contributed by atoms with van der Waals surface area (Å²) < 4.78 is 8.83. The molecule has 130 heavy (non-hydrogen) atoms. The number of aromatic nitrogens is 1. The SMILES string of the molecule is c1ccc(-c2c(-c3ccccc3)c(-c3ccccc3)c3c(-c4ccc(N(c5ccccc5)c5ccc6oc7ccc8ccccc8c7c6c5)cc4)cccc3c2-c2ccccc2)cc1.c1ccc(-c2c(-c3ccccc3)c(-c3ccccc3)c3c(-c4ccc(N(c5ccccc5)c5cccc(-n6c7ccccc7c7ccccc76)c5)cc4)cccc3c2-c2ccccc2)cc1. The molecule has 0 fully saturated rings. The van der Waals surface area contributed by atoms with E-state index in [2.05, 4.69) is 530 Å². The Hall–Kier alpha value is -17.2. The van der Waals surface area contributed by atoms with Crippen molar-refractivity contribution in [3.8, 4) is 117 Å². The molecule has 0 saturated heterocycles. The van der Waals surface area contributed by atoms with Gasteiger partial charge in [0.25, 0.3) is 0 Å². The van der Waals surface area contributed by atoms with Crippen LogP contribution in [0.15, 0.2) is 520 Å². The van der Waals surface area contributed by atoms with Crippen LogP contribution in [0.3, 0.4) is 0 Å². The summed E-state index contributed by atoms with van der Waals surface area (Å²) in [5, 5.41) is 12.0. The van der Waals surface area contributed by atoms with Crippen LogP contribution in [0.1, 0.15) is 0 Å². The van der Waals surface area contributed by atoms with Crippen molar-refractivity contribution >= 4 is 110 Å². The standard InChI is InChI=1S/C64H44N2.C62H41NO/c1-6-22-46(23-7-1)60-57-37-21-36-54(64(57)63(49-28-12-4-13-29-49)62(48-26-10-3-11-27-48)61(60)47-24-8-2-9-25-47)45-40-42-51(43-41-45)65(50-30-14-5-15-31-50)52-32-20-33-53(44-52)66-58-38-18-16-34-55(58)56-35-17-19-39-59(56)66;1-6-20-44(21-7-1)57-53-32-18-31-52(62(53)60(47-26-12-4-13-27-47)59(46-24-10-3-11-25-46)58(57)45-22-8-2-9-23-45)43-33-36-49(37-34-43)63(48-28-14-5-15-29-48)50-38-40-55-54(41-50)61-51-30-17-16-19-42(51)35-39-56(61)64-55/h1-44H;1-41H. The van der Waals surface area contributed by atoms with Crippen LogP contribution in [0.2, 0.25) is 0 Å². The summed E-state index contributed by atoms with van der Waals surface area (Å²) in [5.74, 6) is 0. The first kappa shape index (κ1) is 77.6. The summed E-state index contributed by atoms with van der Waals surface area (Å²) in [5.41, 5.74) is 35.7. The molecule has 4 heteroatoms. The summed E-state index contributed by atoms with van der Waals surface area (Å²) in [6.07, 6.45) is 0. The first-order valence-electron chi connectivity index (χ1n) is 44.6. The van der Waals surface area contributed by atoms with Crippen LogP contribution in [0.25, 0.3) is 193 Å². The quantitative estimate of drug-likeness (QED) is 0.0908. The first-order chi connectivity index (χ1) is 64.6. The van der Waals surface area contributed by atoms with Gasteiger partial charge in [0, 0.05) is 61.4 Å². The summed E-state index contributed by atoms with van der Waals surface area (Å²) in [6, 6.07) is 187. The number of hydrogen-bond acceptors (Lipinski definition) is 3. The minimum atomic E-state index is 0.879. The summed E-state index contributed by atoms with van der Waals surface area (Å²) in [6.45, 7) is 0. The fourth-order valence-electron chi connectivity index (χ4n) is 20.0. The lowest BCUT2D eigenvalue weighted by Crippen LogP contribution is -2.10. The maximum absolute atomic E-state index is 6.44. The Bertz CT molecular complexity index is 8200. The van der Waals surface area contributed by atoms with Crippen molar-refractivity contribution in [1.82, 2.24) is 4.57 Å². The fraction of sp³-hybridized carbons (Fsp3) is 0. The van der Waals surface area contributed by atoms with Gasteiger partial charge in [-0.25, -0.2) is 0 Å². The average molecular weight is 1660 g/mol. The van der Waals surface area contributed by atoms with Crippen LogP contribution >= 0.6 is 0 Å². The highest BCUT2D eigenvalue weighted by Gasteiger charge is 2.30. The molecule has 0 radical (unpaired) electrons. The molecule has 0 aliphatic carbocycles. The summed E-state index contributed by atoms with van der Waals surface area (Å²) in [7, 11) is 0. The van der Waals surface area contributed by atoms with Gasteiger partial charge in [0.1, 0.15) is 11.2 Å². The molecular formula is C126H85N3O. The van der Waals surface area contributed by atoms with E-state index >= 15 is 0 Å². The Labute approximate surface area is 756 Å². The van der Waals surface area contributed by atoms with E-state index in [9.17, 15) is 0 Å². The molecule has 0 N–H and O–H groups in total. The van der Waals surface area contributed by atoms with Crippen LogP contribution in [0, 0.1) is 0 Å². The molecule has 0 bridgehead atoms. The van der Waals surface area contributed by atoms with Gasteiger partial charge < -0.3 is 18.8 Å². The molecule has 24 aromatic rings. The maximum atomic E-state index is 6.44. The van der Waals surface area contributed by atoms with Crippen molar-refractivity contribution in [1.29, 1.82) is 0 Å². The van der Waals surface area contributed by atoms with Gasteiger partial charge in [0.2, 0.25) is 0 Å². The molecule has 0 aliphatic heterocycles. The van der Waals surface area contributed by atoms with E-state index in [0.29, 0.717) is 0 Å². The van der Waals surface area contributed by atoms with E-state index in [0.717, 1.165) is 72.9 Å². The van der Waals surface area contributed by atoms with E-state index in [4.69, 9.17) is 4.42 Å². The maximum Gasteiger partial charge on any atom is 0.136 e. The number of anilines is 6. The normalized spacial score (nSPS) is 11.4. The molecule has 0 unspecified atom stereocenters. The number of hydrogen-bond donors (Lipinski definition) is 0. The Kier molecular flexibility index (Phi) is 20.3. The Balaban J connectivity index is 0.000000148. The second-order valence-corrected chi connectivity index (χ2v) is 33.2. The lowest BCUT2D eigenvalue weighted by Gasteiger charge is -2.27. The second-order valence-electron chi connectivity index (χ2n) is 33.2. The Morgan fingerprint density at radius 1 is 0.162 bits per heavy atom. The number of fused-ring (bicyclic) bond motifs is 10. The molecular weight excluding hydrogens is 1570 g/mol. The zero-order valence-corrected chi connectivity index (χ0v) is 71.3. The zero-order valence-electron chi connectivity index (χ0n) is 71.3. The molecule has 0 aliphatic rings. The minimum absolute atomic E-state index is 0.879. The highest BCUT2D eigenvalue weighted by Crippen LogP contribution is 2.57. The number of nitrogens with zero attached hydrogens (tertiary/aromatic N) is 3. The van der Waals surface area contributed by atoms with E-state index in [1.165, 1.54) is 154 Å². The monoisotopic (exact) mass is 1660 g/mol. The highest BCUT2D eigenvalue weighted by molar-refractivity contribution is 6.25. The fourth-order valence-corrected chi connectivity index (χ4v) is 20.0. The van der Waals surface area contributed by atoms with E-state index in [-0.39, 0.29) is 0 Å². The van der Waals surface area contributed by atoms with Gasteiger partial charge in [-0.3, -0.25) is 0 Å². The van der Waals surface area contributed by atoms with E-state index in [1.54, 1.807) is 0 Å². The van der Waals surface area contributed by atoms with Crippen LogP contribution in [-0.4, -0.2) is 4.57 Å².